The number of hydrogen-bond donors (Lipinski definition) is 0. The van der Waals surface area contributed by atoms with Gasteiger partial charge in [0.15, 0.2) is 0 Å². The Hall–Kier alpha value is -1.30. The van der Waals surface area contributed by atoms with Crippen molar-refractivity contribution in [1.82, 2.24) is 0 Å². The highest BCUT2D eigenvalue weighted by Crippen LogP contribution is 2.09. The van der Waals surface area contributed by atoms with E-state index in [0.29, 0.717) is 0 Å². The highest BCUT2D eigenvalue weighted by molar-refractivity contribution is 5.48. The minimum Gasteiger partial charge on any atom is -0.0859 e. The van der Waals surface area contributed by atoms with Gasteiger partial charge in [0.2, 0.25) is 0 Å². The standard InChI is InChI=1S/C16H22.C2H6/c1-3-10-15(2)11-6-4-7-12-16-13-8-5-9-14-16;1-2/h5,7-10,12-14H,3-4,6,11H2,1-2H3;1-2H3/b12-7+,15-10+;. The molecule has 1 aromatic rings. The topological polar surface area (TPSA) is 0 Å². The lowest BCUT2D eigenvalue weighted by atomic mass is 10.1. The molecule has 0 aromatic heterocycles. The Balaban J connectivity index is 0.00000137. The van der Waals surface area contributed by atoms with Gasteiger partial charge < -0.3 is 0 Å². The molecule has 0 unspecified atom stereocenters. The molecule has 0 aliphatic heterocycles. The third kappa shape index (κ3) is 8.81. The molecule has 0 aliphatic rings. The van der Waals surface area contributed by atoms with E-state index in [1.54, 1.807) is 0 Å². The Morgan fingerprint density at radius 1 is 1.11 bits per heavy atom. The van der Waals surface area contributed by atoms with Crippen molar-refractivity contribution < 1.29 is 0 Å². The van der Waals surface area contributed by atoms with Crippen molar-refractivity contribution >= 4 is 6.08 Å². The van der Waals surface area contributed by atoms with Crippen LogP contribution in [-0.2, 0) is 0 Å². The Labute approximate surface area is 113 Å². The number of hydrogen-bond acceptors (Lipinski definition) is 0. The van der Waals surface area contributed by atoms with Crippen LogP contribution in [0.2, 0.25) is 0 Å². The SMILES string of the molecule is CC.CC/C=C(\C)CCC/C=C/c1ccccc1. The van der Waals surface area contributed by atoms with E-state index in [1.807, 2.05) is 13.8 Å². The molecule has 0 spiro atoms. The minimum atomic E-state index is 1.16. The smallest absolute Gasteiger partial charge is 0.0260 e. The lowest BCUT2D eigenvalue weighted by Gasteiger charge is -1.98. The second-order valence-electron chi connectivity index (χ2n) is 4.16. The summed E-state index contributed by atoms with van der Waals surface area (Å²) in [5, 5.41) is 0. The lowest BCUT2D eigenvalue weighted by Crippen LogP contribution is -1.77. The molecule has 0 fully saturated rings. The Morgan fingerprint density at radius 3 is 2.39 bits per heavy atom. The van der Waals surface area contributed by atoms with Gasteiger partial charge in [-0.15, -0.1) is 0 Å². The normalized spacial score (nSPS) is 11.2. The quantitative estimate of drug-likeness (QED) is 0.409. The number of unbranched alkanes of at least 4 members (excludes halogenated alkanes) is 1. The largest absolute Gasteiger partial charge is 0.0859 e. The fraction of sp³-hybridized carbons (Fsp3) is 0.444. The first-order chi connectivity index (χ1) is 8.83. The summed E-state index contributed by atoms with van der Waals surface area (Å²) in [6.45, 7) is 8.42. The summed E-state index contributed by atoms with van der Waals surface area (Å²) in [5.41, 5.74) is 2.82. The zero-order valence-corrected chi connectivity index (χ0v) is 12.4. The van der Waals surface area contributed by atoms with Gasteiger partial charge in [0.05, 0.1) is 0 Å². The molecule has 18 heavy (non-hydrogen) atoms. The van der Waals surface area contributed by atoms with Crippen LogP contribution in [0.15, 0.2) is 48.1 Å². The van der Waals surface area contributed by atoms with Gasteiger partial charge in [0.1, 0.15) is 0 Å². The number of rotatable bonds is 6. The number of allylic oxidation sites excluding steroid dienone is 3. The average molecular weight is 244 g/mol. The van der Waals surface area contributed by atoms with Crippen LogP contribution in [0.3, 0.4) is 0 Å². The molecule has 0 saturated heterocycles. The Bertz CT molecular complexity index is 330. The van der Waals surface area contributed by atoms with Gasteiger partial charge in [-0.3, -0.25) is 0 Å². The van der Waals surface area contributed by atoms with E-state index in [-0.39, 0.29) is 0 Å². The van der Waals surface area contributed by atoms with Crippen molar-refractivity contribution in [2.24, 2.45) is 0 Å². The summed E-state index contributed by atoms with van der Waals surface area (Å²) in [4.78, 5) is 0. The average Bonchev–Trinajstić information content (AvgIpc) is 2.42. The summed E-state index contributed by atoms with van der Waals surface area (Å²) >= 11 is 0. The van der Waals surface area contributed by atoms with E-state index in [0.717, 1.165) is 6.42 Å². The van der Waals surface area contributed by atoms with Crippen LogP contribution in [0.5, 0.6) is 0 Å². The van der Waals surface area contributed by atoms with Crippen molar-refractivity contribution in [3.05, 3.63) is 53.6 Å². The molecule has 100 valence electrons. The van der Waals surface area contributed by atoms with Crippen molar-refractivity contribution in [2.75, 3.05) is 0 Å². The van der Waals surface area contributed by atoms with E-state index in [2.05, 4.69) is 62.4 Å². The van der Waals surface area contributed by atoms with Gasteiger partial charge in [0, 0.05) is 0 Å². The van der Waals surface area contributed by atoms with Gasteiger partial charge in [0.25, 0.3) is 0 Å². The molecule has 0 nitrogen and oxygen atoms in total. The predicted octanol–water partition coefficient (Wildman–Crippen LogP) is 6.25. The molecular weight excluding hydrogens is 216 g/mol. The maximum absolute atomic E-state index is 2.32. The highest BCUT2D eigenvalue weighted by atomic mass is 13.9. The van der Waals surface area contributed by atoms with Crippen LogP contribution in [0, 0.1) is 0 Å². The van der Waals surface area contributed by atoms with Crippen molar-refractivity contribution in [3.8, 4) is 0 Å². The van der Waals surface area contributed by atoms with E-state index in [4.69, 9.17) is 0 Å². The first kappa shape index (κ1) is 16.7. The minimum absolute atomic E-state index is 1.16. The zero-order valence-electron chi connectivity index (χ0n) is 12.4. The molecule has 0 heteroatoms. The summed E-state index contributed by atoms with van der Waals surface area (Å²) in [6, 6.07) is 10.5. The predicted molar refractivity (Wildman–Crippen MR) is 84.7 cm³/mol. The van der Waals surface area contributed by atoms with E-state index >= 15 is 0 Å². The van der Waals surface area contributed by atoms with Crippen LogP contribution < -0.4 is 0 Å². The van der Waals surface area contributed by atoms with Gasteiger partial charge in [-0.2, -0.15) is 0 Å². The molecule has 0 atom stereocenters. The molecule has 0 amide bonds. The fourth-order valence-electron chi connectivity index (χ4n) is 1.73. The maximum atomic E-state index is 2.32. The first-order valence-corrected chi connectivity index (χ1v) is 7.20. The maximum Gasteiger partial charge on any atom is -0.0260 e. The van der Waals surface area contributed by atoms with Crippen molar-refractivity contribution in [1.29, 1.82) is 0 Å². The van der Waals surface area contributed by atoms with Gasteiger partial charge >= 0.3 is 0 Å². The third-order valence-electron chi connectivity index (χ3n) is 2.60. The van der Waals surface area contributed by atoms with Gasteiger partial charge in [-0.25, -0.2) is 0 Å². The lowest BCUT2D eigenvalue weighted by molar-refractivity contribution is 0.829. The van der Waals surface area contributed by atoms with E-state index in [1.165, 1.54) is 30.4 Å². The summed E-state index contributed by atoms with van der Waals surface area (Å²) in [5.74, 6) is 0. The molecule has 0 radical (unpaired) electrons. The molecular formula is C18H28. The molecule has 0 aliphatic carbocycles. The van der Waals surface area contributed by atoms with Crippen LogP contribution in [0.1, 0.15) is 58.9 Å². The molecule has 0 saturated carbocycles. The molecule has 1 aromatic carbocycles. The summed E-state index contributed by atoms with van der Waals surface area (Å²) in [7, 11) is 0. The van der Waals surface area contributed by atoms with Crippen molar-refractivity contribution in [3.63, 3.8) is 0 Å². The van der Waals surface area contributed by atoms with E-state index in [9.17, 15) is 0 Å². The van der Waals surface area contributed by atoms with E-state index < -0.39 is 0 Å². The van der Waals surface area contributed by atoms with Crippen LogP contribution >= 0.6 is 0 Å². The van der Waals surface area contributed by atoms with Crippen LogP contribution in [-0.4, -0.2) is 0 Å². The first-order valence-electron chi connectivity index (χ1n) is 7.20. The molecule has 1 rings (SSSR count). The zero-order chi connectivity index (χ0) is 13.6. The fourth-order valence-corrected chi connectivity index (χ4v) is 1.73. The monoisotopic (exact) mass is 244 g/mol. The van der Waals surface area contributed by atoms with Crippen LogP contribution in [0.25, 0.3) is 6.08 Å². The second kappa shape index (κ2) is 12.2. The molecule has 0 bridgehead atoms. The number of benzene rings is 1. The van der Waals surface area contributed by atoms with Crippen molar-refractivity contribution in [2.45, 2.75) is 53.4 Å². The van der Waals surface area contributed by atoms with Gasteiger partial charge in [-0.1, -0.05) is 74.9 Å². The highest BCUT2D eigenvalue weighted by Gasteiger charge is 1.88. The second-order valence-corrected chi connectivity index (χ2v) is 4.16. The van der Waals surface area contributed by atoms with Gasteiger partial charge in [-0.05, 0) is 38.2 Å². The summed E-state index contributed by atoms with van der Waals surface area (Å²) < 4.78 is 0. The molecule has 0 heterocycles. The Morgan fingerprint density at radius 2 is 1.78 bits per heavy atom. The van der Waals surface area contributed by atoms with Crippen LogP contribution in [0.4, 0.5) is 0 Å². The summed E-state index contributed by atoms with van der Waals surface area (Å²) in [6.07, 6.45) is 11.6. The Kier molecular flexibility index (Phi) is 11.3. The molecule has 0 N–H and O–H groups in total. The third-order valence-corrected chi connectivity index (χ3v) is 2.60.